The summed E-state index contributed by atoms with van der Waals surface area (Å²) in [5.74, 6) is -0.329. The lowest BCUT2D eigenvalue weighted by molar-refractivity contribution is 0.557. The predicted molar refractivity (Wildman–Crippen MR) is 49.3 cm³/mol. The standard InChI is InChI=1S/C10H7FO2.H2/c1-6-4-10(12)13-9-3-2-7(11)5-8(6)9;/h2-5H,1H3;1H. The molecule has 0 aliphatic rings. The van der Waals surface area contributed by atoms with Gasteiger partial charge in [0.15, 0.2) is 0 Å². The van der Waals surface area contributed by atoms with Crippen molar-refractivity contribution in [2.75, 3.05) is 0 Å². The molecule has 1 aromatic carbocycles. The SMILES string of the molecule is Cc1cc(=O)oc2ccc(F)cc12.[HH]. The van der Waals surface area contributed by atoms with Gasteiger partial charge in [-0.05, 0) is 30.7 Å². The fourth-order valence-corrected chi connectivity index (χ4v) is 1.29. The van der Waals surface area contributed by atoms with E-state index in [2.05, 4.69) is 0 Å². The van der Waals surface area contributed by atoms with Crippen molar-refractivity contribution in [3.05, 3.63) is 46.1 Å². The molecule has 0 saturated carbocycles. The molecule has 1 aromatic heterocycles. The zero-order valence-electron chi connectivity index (χ0n) is 7.00. The molecule has 0 aliphatic heterocycles. The number of fused-ring (bicyclic) bond motifs is 1. The third kappa shape index (κ3) is 1.33. The van der Waals surface area contributed by atoms with E-state index in [-0.39, 0.29) is 7.24 Å². The molecule has 68 valence electrons. The minimum absolute atomic E-state index is 0. The van der Waals surface area contributed by atoms with E-state index in [0.29, 0.717) is 11.0 Å². The van der Waals surface area contributed by atoms with Gasteiger partial charge in [0.25, 0.3) is 0 Å². The maximum Gasteiger partial charge on any atom is 0.336 e. The summed E-state index contributed by atoms with van der Waals surface area (Å²) in [6.45, 7) is 1.75. The van der Waals surface area contributed by atoms with Gasteiger partial charge in [-0.2, -0.15) is 0 Å². The zero-order chi connectivity index (χ0) is 9.42. The number of rotatable bonds is 0. The summed E-state index contributed by atoms with van der Waals surface area (Å²) in [5, 5.41) is 0.639. The summed E-state index contributed by atoms with van der Waals surface area (Å²) in [5.41, 5.74) is 0.744. The molecule has 0 fully saturated rings. The molecule has 2 aromatic rings. The minimum atomic E-state index is -0.406. The lowest BCUT2D eigenvalue weighted by atomic mass is 10.1. The van der Waals surface area contributed by atoms with Gasteiger partial charge < -0.3 is 4.42 Å². The maximum absolute atomic E-state index is 12.8. The van der Waals surface area contributed by atoms with Gasteiger partial charge >= 0.3 is 5.63 Å². The van der Waals surface area contributed by atoms with E-state index < -0.39 is 5.63 Å². The lowest BCUT2D eigenvalue weighted by Crippen LogP contribution is -1.97. The van der Waals surface area contributed by atoms with Crippen LogP contribution in [0.1, 0.15) is 6.99 Å². The Kier molecular flexibility index (Phi) is 1.65. The Morgan fingerprint density at radius 1 is 1.38 bits per heavy atom. The highest BCUT2D eigenvalue weighted by atomic mass is 19.1. The smallest absolute Gasteiger partial charge is 0.336 e. The average Bonchev–Trinajstić information content (AvgIpc) is 2.06. The Morgan fingerprint density at radius 2 is 2.15 bits per heavy atom. The summed E-state index contributed by atoms with van der Waals surface area (Å²) >= 11 is 0. The van der Waals surface area contributed by atoms with Crippen molar-refractivity contribution >= 4 is 11.0 Å². The molecule has 0 N–H and O–H groups in total. The summed E-state index contributed by atoms with van der Waals surface area (Å²) in [6.07, 6.45) is 0. The van der Waals surface area contributed by atoms with Gasteiger partial charge in [-0.15, -0.1) is 0 Å². The summed E-state index contributed by atoms with van der Waals surface area (Å²) < 4.78 is 17.7. The minimum Gasteiger partial charge on any atom is -0.423 e. The molecule has 0 amide bonds. The van der Waals surface area contributed by atoms with Crippen LogP contribution in [-0.4, -0.2) is 0 Å². The molecule has 0 unspecified atom stereocenters. The Morgan fingerprint density at radius 3 is 2.92 bits per heavy atom. The second kappa shape index (κ2) is 2.69. The molecule has 0 spiro atoms. The number of aryl methyl sites for hydroxylation is 1. The van der Waals surface area contributed by atoms with E-state index in [0.717, 1.165) is 5.56 Å². The molecule has 2 nitrogen and oxygen atoms in total. The van der Waals surface area contributed by atoms with Gasteiger partial charge in [0, 0.05) is 12.9 Å². The number of halogens is 1. The molecule has 0 atom stereocenters. The maximum atomic E-state index is 12.8. The summed E-state index contributed by atoms with van der Waals surface area (Å²) in [6, 6.07) is 5.43. The van der Waals surface area contributed by atoms with Gasteiger partial charge in [0.1, 0.15) is 11.4 Å². The Hall–Kier alpha value is -1.64. The first-order chi connectivity index (χ1) is 6.16. The number of hydrogen-bond donors (Lipinski definition) is 0. The second-order valence-corrected chi connectivity index (χ2v) is 2.89. The second-order valence-electron chi connectivity index (χ2n) is 2.89. The third-order valence-electron chi connectivity index (χ3n) is 1.91. The van der Waals surface area contributed by atoms with Crippen molar-refractivity contribution in [2.24, 2.45) is 0 Å². The molecule has 0 radical (unpaired) electrons. The van der Waals surface area contributed by atoms with Crippen LogP contribution in [0.5, 0.6) is 0 Å². The fraction of sp³-hybridized carbons (Fsp3) is 0.100. The van der Waals surface area contributed by atoms with Gasteiger partial charge in [-0.3, -0.25) is 0 Å². The molecule has 0 bridgehead atoms. The summed E-state index contributed by atoms with van der Waals surface area (Å²) in [7, 11) is 0. The van der Waals surface area contributed by atoms with Crippen LogP contribution in [0.4, 0.5) is 4.39 Å². The van der Waals surface area contributed by atoms with Crippen LogP contribution in [0.15, 0.2) is 33.5 Å². The largest absolute Gasteiger partial charge is 0.423 e. The molecule has 3 heteroatoms. The van der Waals surface area contributed by atoms with Crippen molar-refractivity contribution in [3.63, 3.8) is 0 Å². The third-order valence-corrected chi connectivity index (χ3v) is 1.91. The Bertz CT molecular complexity index is 519. The molecule has 0 saturated heterocycles. The van der Waals surface area contributed by atoms with Crippen LogP contribution in [-0.2, 0) is 0 Å². The van der Waals surface area contributed by atoms with E-state index in [1.54, 1.807) is 6.92 Å². The quantitative estimate of drug-likeness (QED) is 0.583. The zero-order valence-corrected chi connectivity index (χ0v) is 7.00. The van der Waals surface area contributed by atoms with Crippen LogP contribution >= 0.6 is 0 Å². The van der Waals surface area contributed by atoms with Gasteiger partial charge in [-0.25, -0.2) is 9.18 Å². The van der Waals surface area contributed by atoms with Crippen molar-refractivity contribution in [1.29, 1.82) is 0 Å². The summed E-state index contributed by atoms with van der Waals surface area (Å²) in [4.78, 5) is 10.9. The van der Waals surface area contributed by atoms with Crippen molar-refractivity contribution in [3.8, 4) is 0 Å². The monoisotopic (exact) mass is 180 g/mol. The van der Waals surface area contributed by atoms with Crippen LogP contribution in [0.3, 0.4) is 0 Å². The topological polar surface area (TPSA) is 30.2 Å². The van der Waals surface area contributed by atoms with Crippen molar-refractivity contribution in [2.45, 2.75) is 6.92 Å². The van der Waals surface area contributed by atoms with E-state index in [9.17, 15) is 9.18 Å². The van der Waals surface area contributed by atoms with E-state index in [1.807, 2.05) is 0 Å². The molecule has 1 heterocycles. The highest BCUT2D eigenvalue weighted by Crippen LogP contribution is 2.16. The number of hydrogen-bond acceptors (Lipinski definition) is 2. The Labute approximate surface area is 75.1 Å². The highest BCUT2D eigenvalue weighted by Gasteiger charge is 2.02. The fourth-order valence-electron chi connectivity index (χ4n) is 1.29. The van der Waals surface area contributed by atoms with Gasteiger partial charge in [0.05, 0.1) is 0 Å². The van der Waals surface area contributed by atoms with Gasteiger partial charge in [-0.1, -0.05) is 0 Å². The first-order valence-corrected chi connectivity index (χ1v) is 3.87. The first kappa shape index (κ1) is 7.98. The molecule has 2 rings (SSSR count). The number of benzene rings is 1. The van der Waals surface area contributed by atoms with Crippen LogP contribution in [0, 0.1) is 12.7 Å². The van der Waals surface area contributed by atoms with Gasteiger partial charge in [0.2, 0.25) is 0 Å². The Balaban J connectivity index is 0.000000980. The molecule has 0 aliphatic carbocycles. The van der Waals surface area contributed by atoms with Crippen LogP contribution in [0.2, 0.25) is 0 Å². The van der Waals surface area contributed by atoms with Crippen LogP contribution in [0.25, 0.3) is 11.0 Å². The van der Waals surface area contributed by atoms with E-state index in [1.165, 1.54) is 24.3 Å². The first-order valence-electron chi connectivity index (χ1n) is 3.87. The molecule has 13 heavy (non-hydrogen) atoms. The highest BCUT2D eigenvalue weighted by molar-refractivity contribution is 5.79. The average molecular weight is 180 g/mol. The van der Waals surface area contributed by atoms with Crippen molar-refractivity contribution in [1.82, 2.24) is 0 Å². The van der Waals surface area contributed by atoms with Crippen LogP contribution < -0.4 is 5.63 Å². The predicted octanol–water partition coefficient (Wildman–Crippen LogP) is 2.49. The van der Waals surface area contributed by atoms with E-state index in [4.69, 9.17) is 4.42 Å². The van der Waals surface area contributed by atoms with Crippen molar-refractivity contribution < 1.29 is 10.2 Å². The normalized spacial score (nSPS) is 10.6. The lowest BCUT2D eigenvalue weighted by Gasteiger charge is -1.98. The van der Waals surface area contributed by atoms with E-state index >= 15 is 0 Å². The molecular weight excluding hydrogens is 171 g/mol. The molecular formula is C10H9FO2.